The lowest BCUT2D eigenvalue weighted by Crippen LogP contribution is -2.34. The maximum Gasteiger partial charge on any atom is 0.307 e. The molecule has 0 saturated carbocycles. The van der Waals surface area contributed by atoms with Crippen molar-refractivity contribution in [2.24, 2.45) is 5.92 Å². The topological polar surface area (TPSA) is 75.4 Å². The predicted octanol–water partition coefficient (Wildman–Crippen LogP) is 0.906. The van der Waals surface area contributed by atoms with Gasteiger partial charge in [0, 0.05) is 0 Å². The van der Waals surface area contributed by atoms with Crippen LogP contribution in [0.15, 0.2) is 11.0 Å². The lowest BCUT2D eigenvalue weighted by Gasteiger charge is -2.17. The molecule has 0 radical (unpaired) electrons. The van der Waals surface area contributed by atoms with Crippen LogP contribution in [0.1, 0.15) is 39.1 Å². The molecule has 0 spiro atoms. The van der Waals surface area contributed by atoms with Crippen LogP contribution in [-0.4, -0.2) is 20.0 Å². The van der Waals surface area contributed by atoms with Gasteiger partial charge in [0.25, 0.3) is 0 Å². The summed E-state index contributed by atoms with van der Waals surface area (Å²) < 4.78 is 0.570. The largest absolute Gasteiger partial charge is 0.425 e. The zero-order valence-corrected chi connectivity index (χ0v) is 10.1. The fourth-order valence-corrected chi connectivity index (χ4v) is 1.46. The standard InChI is InChI=1S/C11H18N2O3/c1-7(2)5-8-6-12-9(11(3,4)15)10(14)13(8)16/h6-7,15-16H,5H2,1-4H3. The van der Waals surface area contributed by atoms with E-state index in [1.54, 1.807) is 0 Å². The van der Waals surface area contributed by atoms with Gasteiger partial charge in [0.05, 0.1) is 11.9 Å². The molecule has 0 aromatic carbocycles. The molecule has 2 N–H and O–H groups in total. The SMILES string of the molecule is CC(C)Cc1cnc(C(C)(C)O)c(=O)n1O. The Morgan fingerprint density at radius 1 is 1.50 bits per heavy atom. The molecule has 0 aliphatic heterocycles. The molecule has 1 aromatic heterocycles. The van der Waals surface area contributed by atoms with Crippen molar-refractivity contribution in [2.75, 3.05) is 0 Å². The Balaban J connectivity index is 3.24. The summed E-state index contributed by atoms with van der Waals surface area (Å²) in [4.78, 5) is 15.6. The Morgan fingerprint density at radius 2 is 2.06 bits per heavy atom. The van der Waals surface area contributed by atoms with E-state index in [0.717, 1.165) is 0 Å². The number of nitrogens with zero attached hydrogens (tertiary/aromatic N) is 2. The van der Waals surface area contributed by atoms with Crippen molar-refractivity contribution in [3.05, 3.63) is 27.9 Å². The third-order valence-electron chi connectivity index (χ3n) is 2.21. The van der Waals surface area contributed by atoms with Crippen LogP contribution in [0.3, 0.4) is 0 Å². The van der Waals surface area contributed by atoms with Gasteiger partial charge in [0.2, 0.25) is 0 Å². The summed E-state index contributed by atoms with van der Waals surface area (Å²) in [6, 6.07) is 0. The molecule has 1 aromatic rings. The fourth-order valence-electron chi connectivity index (χ4n) is 1.46. The fraction of sp³-hybridized carbons (Fsp3) is 0.636. The van der Waals surface area contributed by atoms with E-state index in [0.29, 0.717) is 22.8 Å². The van der Waals surface area contributed by atoms with Crippen molar-refractivity contribution < 1.29 is 10.3 Å². The first-order valence-corrected chi connectivity index (χ1v) is 5.26. The molecule has 0 unspecified atom stereocenters. The molecule has 0 aliphatic rings. The Bertz CT molecular complexity index is 430. The maximum absolute atomic E-state index is 11.7. The molecule has 0 amide bonds. The molecule has 1 rings (SSSR count). The van der Waals surface area contributed by atoms with E-state index in [1.807, 2.05) is 13.8 Å². The van der Waals surface area contributed by atoms with Crippen LogP contribution < -0.4 is 5.56 Å². The second kappa shape index (κ2) is 4.25. The van der Waals surface area contributed by atoms with E-state index in [-0.39, 0.29) is 5.69 Å². The van der Waals surface area contributed by atoms with E-state index in [1.165, 1.54) is 20.0 Å². The monoisotopic (exact) mass is 226 g/mol. The Morgan fingerprint density at radius 3 is 2.50 bits per heavy atom. The van der Waals surface area contributed by atoms with E-state index in [2.05, 4.69) is 4.98 Å². The number of aromatic nitrogens is 2. The molecular weight excluding hydrogens is 208 g/mol. The highest BCUT2D eigenvalue weighted by Gasteiger charge is 2.24. The van der Waals surface area contributed by atoms with Crippen LogP contribution in [0.2, 0.25) is 0 Å². The molecule has 0 atom stereocenters. The number of hydrogen-bond acceptors (Lipinski definition) is 4. The smallest absolute Gasteiger partial charge is 0.307 e. The van der Waals surface area contributed by atoms with Crippen molar-refractivity contribution in [3.8, 4) is 0 Å². The number of aliphatic hydroxyl groups is 1. The first-order valence-electron chi connectivity index (χ1n) is 5.26. The molecule has 90 valence electrons. The summed E-state index contributed by atoms with van der Waals surface area (Å²) in [5.41, 5.74) is -1.61. The van der Waals surface area contributed by atoms with E-state index in [4.69, 9.17) is 0 Å². The van der Waals surface area contributed by atoms with Crippen LogP contribution in [0.4, 0.5) is 0 Å². The van der Waals surface area contributed by atoms with Gasteiger partial charge in [-0.05, 0) is 26.2 Å². The third kappa shape index (κ3) is 2.61. The van der Waals surface area contributed by atoms with Gasteiger partial charge in [-0.2, -0.15) is 0 Å². The molecule has 0 fully saturated rings. The van der Waals surface area contributed by atoms with Crippen LogP contribution in [0, 0.1) is 5.92 Å². The van der Waals surface area contributed by atoms with Crippen LogP contribution >= 0.6 is 0 Å². The second-order valence-electron chi connectivity index (χ2n) is 4.87. The minimum atomic E-state index is -1.35. The second-order valence-corrected chi connectivity index (χ2v) is 4.87. The first kappa shape index (κ1) is 12.7. The Labute approximate surface area is 94.3 Å². The summed E-state index contributed by atoms with van der Waals surface area (Å²) in [6.45, 7) is 6.88. The average molecular weight is 226 g/mol. The predicted molar refractivity (Wildman–Crippen MR) is 59.5 cm³/mol. The van der Waals surface area contributed by atoms with Gasteiger partial charge in [0.1, 0.15) is 11.3 Å². The van der Waals surface area contributed by atoms with E-state index >= 15 is 0 Å². The van der Waals surface area contributed by atoms with Crippen LogP contribution in [0.25, 0.3) is 0 Å². The Kier molecular flexibility index (Phi) is 3.38. The number of rotatable bonds is 3. The van der Waals surface area contributed by atoms with E-state index < -0.39 is 11.2 Å². The first-order chi connectivity index (χ1) is 7.23. The van der Waals surface area contributed by atoms with Gasteiger partial charge in [-0.15, -0.1) is 4.73 Å². The van der Waals surface area contributed by atoms with Gasteiger partial charge >= 0.3 is 5.56 Å². The van der Waals surface area contributed by atoms with Crippen molar-refractivity contribution in [1.82, 2.24) is 9.71 Å². The van der Waals surface area contributed by atoms with Crippen molar-refractivity contribution in [1.29, 1.82) is 0 Å². The van der Waals surface area contributed by atoms with Gasteiger partial charge in [-0.1, -0.05) is 13.8 Å². The van der Waals surface area contributed by atoms with Crippen molar-refractivity contribution in [2.45, 2.75) is 39.7 Å². The third-order valence-corrected chi connectivity index (χ3v) is 2.21. The highest BCUT2D eigenvalue weighted by Crippen LogP contribution is 2.13. The molecular formula is C11H18N2O3. The zero-order chi connectivity index (χ0) is 12.5. The molecule has 0 aliphatic carbocycles. The van der Waals surface area contributed by atoms with Crippen molar-refractivity contribution >= 4 is 0 Å². The van der Waals surface area contributed by atoms with E-state index in [9.17, 15) is 15.1 Å². The van der Waals surface area contributed by atoms with Gasteiger partial charge in [0.15, 0.2) is 0 Å². The normalized spacial score (nSPS) is 12.1. The van der Waals surface area contributed by atoms with Crippen LogP contribution in [0.5, 0.6) is 0 Å². The van der Waals surface area contributed by atoms with Gasteiger partial charge in [-0.25, -0.2) is 0 Å². The highest BCUT2D eigenvalue weighted by atomic mass is 16.5. The summed E-state index contributed by atoms with van der Waals surface area (Å²) in [5, 5.41) is 19.3. The summed E-state index contributed by atoms with van der Waals surface area (Å²) >= 11 is 0. The summed E-state index contributed by atoms with van der Waals surface area (Å²) in [7, 11) is 0. The molecule has 5 heteroatoms. The van der Waals surface area contributed by atoms with Crippen molar-refractivity contribution in [3.63, 3.8) is 0 Å². The van der Waals surface area contributed by atoms with Gasteiger partial charge < -0.3 is 10.3 Å². The molecule has 5 nitrogen and oxygen atoms in total. The lowest BCUT2D eigenvalue weighted by atomic mass is 10.1. The number of hydrogen-bond donors (Lipinski definition) is 2. The summed E-state index contributed by atoms with van der Waals surface area (Å²) in [6.07, 6.45) is 1.99. The molecule has 0 saturated heterocycles. The molecule has 16 heavy (non-hydrogen) atoms. The average Bonchev–Trinajstić information content (AvgIpc) is 2.10. The quantitative estimate of drug-likeness (QED) is 0.751. The zero-order valence-electron chi connectivity index (χ0n) is 10.1. The Hall–Kier alpha value is -1.36. The minimum absolute atomic E-state index is 0.0532. The summed E-state index contributed by atoms with van der Waals surface area (Å²) in [5.74, 6) is 0.313. The van der Waals surface area contributed by atoms with Crippen LogP contribution in [-0.2, 0) is 12.0 Å². The van der Waals surface area contributed by atoms with Gasteiger partial charge in [-0.3, -0.25) is 9.78 Å². The molecule has 0 bridgehead atoms. The minimum Gasteiger partial charge on any atom is -0.425 e. The lowest BCUT2D eigenvalue weighted by molar-refractivity contribution is 0.0657. The molecule has 1 heterocycles. The highest BCUT2D eigenvalue weighted by molar-refractivity contribution is 5.10. The maximum atomic E-state index is 11.7.